The van der Waals surface area contributed by atoms with Gasteiger partial charge in [0.25, 0.3) is 0 Å². The van der Waals surface area contributed by atoms with Crippen molar-refractivity contribution in [2.45, 2.75) is 61.1 Å². The summed E-state index contributed by atoms with van der Waals surface area (Å²) < 4.78 is 0. The van der Waals surface area contributed by atoms with Crippen LogP contribution in [-0.4, -0.2) is 9.52 Å². The summed E-state index contributed by atoms with van der Waals surface area (Å²) in [5, 5.41) is 0. The van der Waals surface area contributed by atoms with E-state index in [4.69, 9.17) is 0 Å². The number of rotatable bonds is 0. The number of benzene rings is 1. The van der Waals surface area contributed by atoms with Gasteiger partial charge in [-0.3, -0.25) is 6.08 Å². The van der Waals surface area contributed by atoms with Crippen LogP contribution in [0.3, 0.4) is 0 Å². The summed E-state index contributed by atoms with van der Waals surface area (Å²) in [5.41, 5.74) is 0. The number of hydrogen-bond donors (Lipinski definition) is 0. The molecule has 0 saturated heterocycles. The van der Waals surface area contributed by atoms with Crippen LogP contribution in [0, 0.1) is 46.3 Å². The molecule has 1 aromatic rings. The minimum absolute atomic E-state index is 0. The van der Waals surface area contributed by atoms with Crippen LogP contribution >= 0.6 is 0 Å². The summed E-state index contributed by atoms with van der Waals surface area (Å²) >= 11 is 0. The molecular weight excluding hydrogens is 378 g/mol. The Morgan fingerprint density at radius 3 is 1.19 bits per heavy atom. The molecule has 0 saturated carbocycles. The Bertz CT molecular complexity index is 274. The summed E-state index contributed by atoms with van der Waals surface area (Å²) in [6.07, 6.45) is 10.0. The third-order valence-electron chi connectivity index (χ3n) is 1.19. The van der Waals surface area contributed by atoms with Gasteiger partial charge in [-0.1, -0.05) is 13.1 Å². The zero-order valence-corrected chi connectivity index (χ0v) is 22.7. The van der Waals surface area contributed by atoms with E-state index in [9.17, 15) is 0 Å². The molecule has 0 atom stereocenters. The van der Waals surface area contributed by atoms with E-state index in [0.717, 1.165) is 15.9 Å². The third-order valence-corrected chi connectivity index (χ3v) is 1.19. The van der Waals surface area contributed by atoms with E-state index in [1.165, 1.54) is 11.8 Å². The molecule has 2 N–H and O–H groups in total. The van der Waals surface area contributed by atoms with Gasteiger partial charge < -0.3 is 40.3 Å². The van der Waals surface area contributed by atoms with Gasteiger partial charge in [-0.05, 0) is 0 Å². The van der Waals surface area contributed by atoms with Gasteiger partial charge in [0.15, 0.2) is 0 Å². The standard InChI is InChI=1S/C6H5.C5H5.2C4H9.C2H7Si.3CH3.H2N.Ti/c1-2-4-6-5-3-1;1-2-4-5-3-1;2*1-4(2)3;1-3-2;;;;;/h1-5H;1-3H,4H2;2*1-3H3;3H,1-2H3;3*1H3;1H2;/q4*-1;;4*-1;. The maximum atomic E-state index is 2.99. The van der Waals surface area contributed by atoms with Crippen LogP contribution in [0.15, 0.2) is 48.6 Å². The number of allylic oxidation sites excluding steroid dienone is 4. The molecule has 0 fully saturated rings. The average molecular weight is 425 g/mol. The predicted molar refractivity (Wildman–Crippen MR) is 131 cm³/mol. The molecule has 1 nitrogen and oxygen atoms in total. The van der Waals surface area contributed by atoms with Crippen LogP contribution in [0.1, 0.15) is 48.0 Å². The molecule has 1 aliphatic carbocycles. The van der Waals surface area contributed by atoms with Gasteiger partial charge in [0, 0.05) is 31.2 Å². The van der Waals surface area contributed by atoms with Gasteiger partial charge in [0.1, 0.15) is 0 Å². The first kappa shape index (κ1) is 50.4. The monoisotopic (exact) mass is 424 g/mol. The minimum Gasteiger partial charge on any atom is -0.693 e. The molecule has 163 valence electrons. The van der Waals surface area contributed by atoms with Gasteiger partial charge in [0.05, 0.1) is 0 Å². The second-order valence-corrected chi connectivity index (χ2v) is 6.81. The van der Waals surface area contributed by atoms with Gasteiger partial charge in [-0.2, -0.15) is 84.0 Å². The molecule has 1 radical (unpaired) electrons. The van der Waals surface area contributed by atoms with Gasteiger partial charge in [-0.15, -0.1) is 6.42 Å². The molecule has 0 aliphatic heterocycles. The van der Waals surface area contributed by atoms with E-state index in [2.05, 4.69) is 72.9 Å². The van der Waals surface area contributed by atoms with Gasteiger partial charge in [0.2, 0.25) is 0 Å². The van der Waals surface area contributed by atoms with Crippen molar-refractivity contribution in [2.24, 2.45) is 0 Å². The van der Waals surface area contributed by atoms with Crippen LogP contribution < -0.4 is 0 Å². The van der Waals surface area contributed by atoms with E-state index in [1.54, 1.807) is 0 Å². The average Bonchev–Trinajstić information content (AvgIpc) is 2.99. The zero-order valence-electron chi connectivity index (χ0n) is 20.0. The van der Waals surface area contributed by atoms with Crippen molar-refractivity contribution >= 4 is 9.52 Å². The summed E-state index contributed by atoms with van der Waals surface area (Å²) in [7, 11) is 0.750. The quantitative estimate of drug-likeness (QED) is 0.295. The fraction of sp³-hybridized carbons (Fsp3) is 0.375. The van der Waals surface area contributed by atoms with E-state index in [-0.39, 0.29) is 50.1 Å². The van der Waals surface area contributed by atoms with Crippen LogP contribution in [0.25, 0.3) is 6.15 Å². The Balaban J connectivity index is -0.0000000271. The predicted octanol–water partition coefficient (Wildman–Crippen LogP) is 8.62. The number of nitrogens with two attached hydrogens (primary N) is 1. The minimum atomic E-state index is 0. The summed E-state index contributed by atoms with van der Waals surface area (Å²) in [5.74, 6) is 2.83. The Morgan fingerprint density at radius 2 is 1.11 bits per heavy atom. The summed E-state index contributed by atoms with van der Waals surface area (Å²) in [6.45, 7) is 16.9. The molecule has 1 aromatic carbocycles. The maximum Gasteiger partial charge on any atom is 0.0213 e. The molecule has 0 aromatic heterocycles. The Hall–Kier alpha value is -0.409. The topological polar surface area (TPSA) is 33.5 Å². The molecule has 3 heteroatoms. The van der Waals surface area contributed by atoms with Crippen LogP contribution in [0.4, 0.5) is 0 Å². The van der Waals surface area contributed by atoms with E-state index in [1.807, 2.05) is 42.5 Å². The molecule has 0 heterocycles. The third kappa shape index (κ3) is 127. The van der Waals surface area contributed by atoms with Crippen LogP contribution in [-0.2, 0) is 21.7 Å². The van der Waals surface area contributed by atoms with Crippen molar-refractivity contribution in [1.29, 1.82) is 0 Å². The Kier molecular flexibility index (Phi) is 93.3. The Morgan fingerprint density at radius 1 is 0.778 bits per heavy atom. The first-order valence-electron chi connectivity index (χ1n) is 7.78. The van der Waals surface area contributed by atoms with E-state index in [0.29, 0.717) is 0 Å². The molecule has 0 amide bonds. The van der Waals surface area contributed by atoms with E-state index >= 15 is 0 Å². The van der Waals surface area contributed by atoms with Crippen molar-refractivity contribution in [1.82, 2.24) is 0 Å². The van der Waals surface area contributed by atoms with Crippen LogP contribution in [0.2, 0.25) is 13.1 Å². The van der Waals surface area contributed by atoms with Crippen molar-refractivity contribution in [3.63, 3.8) is 0 Å². The summed E-state index contributed by atoms with van der Waals surface area (Å²) in [6, 6.07) is 12.5. The molecule has 2 rings (SSSR count). The van der Waals surface area contributed by atoms with Gasteiger partial charge >= 0.3 is 0 Å². The molecule has 0 spiro atoms. The smallest absolute Gasteiger partial charge is 0.0213 e. The largest absolute Gasteiger partial charge is 0.693 e. The Labute approximate surface area is 192 Å². The van der Waals surface area contributed by atoms with E-state index < -0.39 is 0 Å². The van der Waals surface area contributed by atoms with Crippen molar-refractivity contribution < 1.29 is 21.7 Å². The summed E-state index contributed by atoms with van der Waals surface area (Å²) in [4.78, 5) is 0. The van der Waals surface area contributed by atoms with Crippen molar-refractivity contribution in [2.75, 3.05) is 0 Å². The first-order valence-corrected chi connectivity index (χ1v) is 10.1. The van der Waals surface area contributed by atoms with Crippen LogP contribution in [0.5, 0.6) is 0 Å². The molecule has 27 heavy (non-hydrogen) atoms. The second-order valence-electron chi connectivity index (χ2n) is 5.66. The fourth-order valence-corrected chi connectivity index (χ4v) is 0.682. The maximum absolute atomic E-state index is 2.99. The number of hydrogen-bond acceptors (Lipinski definition) is 0. The van der Waals surface area contributed by atoms with Gasteiger partial charge in [-0.25, -0.2) is 12.2 Å². The molecule has 1 aliphatic rings. The zero-order chi connectivity index (χ0) is 17.6. The normalized spacial score (nSPS) is 8.37. The first-order chi connectivity index (χ1) is 10.4. The fourth-order valence-electron chi connectivity index (χ4n) is 0.682. The van der Waals surface area contributed by atoms with Crippen molar-refractivity contribution in [3.05, 3.63) is 101 Å². The molecular formula is C24H46NSiTi-8. The molecule has 0 bridgehead atoms. The second kappa shape index (κ2) is 50.0. The molecule has 0 unspecified atom stereocenters. The SMILES string of the molecule is C[C-](C)C.C[C-](C)C.C[SiH]C.[C-]1=CC=CC1.[CH3-].[CH3-].[CH3-].[NH2-].[Ti].[c-]1ccccc1. The van der Waals surface area contributed by atoms with Crippen molar-refractivity contribution in [3.8, 4) is 0 Å².